The maximum Gasteiger partial charge on any atom is 0.0736 e. The Hall–Kier alpha value is 0.250. The second-order valence-corrected chi connectivity index (χ2v) is 3.93. The van der Waals surface area contributed by atoms with Gasteiger partial charge in [-0.25, -0.2) is 0 Å². The van der Waals surface area contributed by atoms with Crippen LogP contribution in [0.1, 0.15) is 20.8 Å². The Kier molecular flexibility index (Phi) is 3.52. The van der Waals surface area contributed by atoms with E-state index in [9.17, 15) is 0 Å². The molecule has 0 saturated carbocycles. The van der Waals surface area contributed by atoms with E-state index < -0.39 is 0 Å². The minimum absolute atomic E-state index is 0.365. The van der Waals surface area contributed by atoms with Crippen molar-refractivity contribution in [3.8, 4) is 0 Å². The molecule has 0 atom stereocenters. The smallest absolute Gasteiger partial charge is 0.0736 e. The highest BCUT2D eigenvalue weighted by Crippen LogP contribution is 2.13. The first-order chi connectivity index (χ1) is 3.95. The second-order valence-electron chi connectivity index (χ2n) is 3.69. The molecule has 0 N–H and O–H groups in total. The van der Waals surface area contributed by atoms with Crippen LogP contribution in [0.25, 0.3) is 0 Å². The largest absolute Gasteiger partial charge is 0.293 e. The number of hydrogen-bond donors (Lipinski definition) is 0. The fraction of sp³-hybridized carbons (Fsp3) is 1.00. The molecule has 0 aromatic heterocycles. The van der Waals surface area contributed by atoms with Gasteiger partial charge in [-0.05, 0) is 12.5 Å². The van der Waals surface area contributed by atoms with Gasteiger partial charge in [0.1, 0.15) is 0 Å². The Morgan fingerprint density at radius 2 is 1.78 bits per heavy atom. The molecule has 0 aromatic rings. The standard InChI is InChI=1S/C7H16ClN/c1-7(2,3)5-9(4)6-8/h5-6H2,1-4H3. The zero-order chi connectivity index (χ0) is 7.49. The van der Waals surface area contributed by atoms with E-state index in [1.807, 2.05) is 7.05 Å². The lowest BCUT2D eigenvalue weighted by Gasteiger charge is -2.24. The van der Waals surface area contributed by atoms with Crippen LogP contribution in [0.4, 0.5) is 0 Å². The number of halogens is 1. The average Bonchev–Trinajstić information content (AvgIpc) is 1.62. The first-order valence-corrected chi connectivity index (χ1v) is 3.74. The van der Waals surface area contributed by atoms with Crippen molar-refractivity contribution in [3.63, 3.8) is 0 Å². The SMILES string of the molecule is CN(CCl)CC(C)(C)C. The first kappa shape index (κ1) is 9.25. The highest BCUT2D eigenvalue weighted by Gasteiger charge is 2.11. The van der Waals surface area contributed by atoms with Crippen molar-refractivity contribution in [2.75, 3.05) is 19.6 Å². The predicted molar refractivity (Wildman–Crippen MR) is 42.8 cm³/mol. The molecular formula is C7H16ClN. The van der Waals surface area contributed by atoms with Crippen LogP contribution in [-0.2, 0) is 0 Å². The zero-order valence-corrected chi connectivity index (χ0v) is 7.50. The van der Waals surface area contributed by atoms with Gasteiger partial charge in [0.2, 0.25) is 0 Å². The van der Waals surface area contributed by atoms with Crippen molar-refractivity contribution in [1.29, 1.82) is 0 Å². The van der Waals surface area contributed by atoms with Crippen LogP contribution >= 0.6 is 11.6 Å². The summed E-state index contributed by atoms with van der Waals surface area (Å²) < 4.78 is 0. The molecule has 0 saturated heterocycles. The fourth-order valence-electron chi connectivity index (χ4n) is 0.852. The third kappa shape index (κ3) is 6.13. The summed E-state index contributed by atoms with van der Waals surface area (Å²) >= 11 is 5.58. The Bertz CT molecular complexity index is 75.5. The Labute approximate surface area is 63.0 Å². The molecule has 0 unspecified atom stereocenters. The number of nitrogens with zero attached hydrogens (tertiary/aromatic N) is 1. The van der Waals surface area contributed by atoms with Gasteiger partial charge in [0.05, 0.1) is 6.00 Å². The predicted octanol–water partition coefficient (Wildman–Crippen LogP) is 2.16. The summed E-state index contributed by atoms with van der Waals surface area (Å²) in [6.07, 6.45) is 0. The molecule has 0 amide bonds. The summed E-state index contributed by atoms with van der Waals surface area (Å²) in [4.78, 5) is 2.10. The van der Waals surface area contributed by atoms with E-state index in [0.717, 1.165) is 6.54 Å². The van der Waals surface area contributed by atoms with Gasteiger partial charge in [0.15, 0.2) is 0 Å². The van der Waals surface area contributed by atoms with Crippen molar-refractivity contribution >= 4 is 11.6 Å². The second kappa shape index (κ2) is 3.43. The van der Waals surface area contributed by atoms with E-state index in [1.165, 1.54) is 0 Å². The average molecular weight is 150 g/mol. The van der Waals surface area contributed by atoms with Gasteiger partial charge in [-0.3, -0.25) is 4.90 Å². The maximum atomic E-state index is 5.58. The van der Waals surface area contributed by atoms with Crippen molar-refractivity contribution in [3.05, 3.63) is 0 Å². The highest BCUT2D eigenvalue weighted by atomic mass is 35.5. The summed E-state index contributed by atoms with van der Waals surface area (Å²) in [7, 11) is 2.03. The fourth-order valence-corrected chi connectivity index (χ4v) is 0.937. The van der Waals surface area contributed by atoms with Crippen LogP contribution in [0.5, 0.6) is 0 Å². The summed E-state index contributed by atoms with van der Waals surface area (Å²) in [5.41, 5.74) is 0.365. The molecular weight excluding hydrogens is 134 g/mol. The van der Waals surface area contributed by atoms with Crippen LogP contribution in [0, 0.1) is 5.41 Å². The lowest BCUT2D eigenvalue weighted by atomic mass is 9.97. The van der Waals surface area contributed by atoms with Gasteiger partial charge in [-0.15, -0.1) is 11.6 Å². The van der Waals surface area contributed by atoms with E-state index >= 15 is 0 Å². The minimum Gasteiger partial charge on any atom is -0.293 e. The van der Waals surface area contributed by atoms with E-state index in [-0.39, 0.29) is 0 Å². The number of hydrogen-bond acceptors (Lipinski definition) is 1. The van der Waals surface area contributed by atoms with Crippen molar-refractivity contribution in [2.45, 2.75) is 20.8 Å². The minimum atomic E-state index is 0.365. The summed E-state index contributed by atoms with van der Waals surface area (Å²) in [6.45, 7) is 7.67. The molecule has 0 aliphatic carbocycles. The molecule has 0 heterocycles. The van der Waals surface area contributed by atoms with Crippen molar-refractivity contribution < 1.29 is 0 Å². The molecule has 0 aliphatic rings. The summed E-state index contributed by atoms with van der Waals surface area (Å²) in [6, 6.07) is 0.622. The quantitative estimate of drug-likeness (QED) is 0.430. The molecule has 0 fully saturated rings. The number of alkyl halides is 1. The molecule has 2 heteroatoms. The molecule has 0 radical (unpaired) electrons. The Morgan fingerprint density at radius 1 is 1.33 bits per heavy atom. The lowest BCUT2D eigenvalue weighted by Crippen LogP contribution is -2.28. The van der Waals surface area contributed by atoms with Gasteiger partial charge < -0.3 is 0 Å². The summed E-state index contributed by atoms with van der Waals surface area (Å²) in [5.74, 6) is 0. The molecule has 0 bridgehead atoms. The molecule has 1 nitrogen and oxygen atoms in total. The normalized spacial score (nSPS) is 12.7. The van der Waals surface area contributed by atoms with Gasteiger partial charge in [-0.1, -0.05) is 20.8 Å². The molecule has 0 aliphatic heterocycles. The highest BCUT2D eigenvalue weighted by molar-refractivity contribution is 6.17. The van der Waals surface area contributed by atoms with Gasteiger partial charge in [-0.2, -0.15) is 0 Å². The van der Waals surface area contributed by atoms with Crippen molar-refractivity contribution in [2.24, 2.45) is 5.41 Å². The number of rotatable bonds is 2. The molecule has 0 spiro atoms. The lowest BCUT2D eigenvalue weighted by molar-refractivity contribution is 0.253. The van der Waals surface area contributed by atoms with Crippen LogP contribution < -0.4 is 0 Å². The van der Waals surface area contributed by atoms with Crippen LogP contribution in [0.2, 0.25) is 0 Å². The maximum absolute atomic E-state index is 5.58. The van der Waals surface area contributed by atoms with Gasteiger partial charge in [0.25, 0.3) is 0 Å². The van der Waals surface area contributed by atoms with Crippen LogP contribution in [0.15, 0.2) is 0 Å². The third-order valence-electron chi connectivity index (χ3n) is 0.948. The van der Waals surface area contributed by atoms with E-state index in [2.05, 4.69) is 25.7 Å². The van der Waals surface area contributed by atoms with Crippen LogP contribution in [0.3, 0.4) is 0 Å². The molecule has 0 aromatic carbocycles. The topological polar surface area (TPSA) is 3.24 Å². The van der Waals surface area contributed by atoms with E-state index in [4.69, 9.17) is 11.6 Å². The third-order valence-corrected chi connectivity index (χ3v) is 1.36. The van der Waals surface area contributed by atoms with E-state index in [1.54, 1.807) is 0 Å². The van der Waals surface area contributed by atoms with Gasteiger partial charge >= 0.3 is 0 Å². The monoisotopic (exact) mass is 149 g/mol. The Balaban J connectivity index is 3.47. The molecule has 9 heavy (non-hydrogen) atoms. The summed E-state index contributed by atoms with van der Waals surface area (Å²) in [5, 5.41) is 0. The van der Waals surface area contributed by atoms with E-state index in [0.29, 0.717) is 11.4 Å². The van der Waals surface area contributed by atoms with Gasteiger partial charge in [0, 0.05) is 6.54 Å². The first-order valence-electron chi connectivity index (χ1n) is 3.20. The van der Waals surface area contributed by atoms with Crippen molar-refractivity contribution in [1.82, 2.24) is 4.90 Å². The Morgan fingerprint density at radius 3 is 1.89 bits per heavy atom. The zero-order valence-electron chi connectivity index (χ0n) is 6.74. The van der Waals surface area contributed by atoms with Crippen LogP contribution in [-0.4, -0.2) is 24.5 Å². The molecule has 56 valence electrons. The molecule has 0 rings (SSSR count).